The lowest BCUT2D eigenvalue weighted by atomic mass is 10.1. The van der Waals surface area contributed by atoms with Crippen LogP contribution in [0.25, 0.3) is 0 Å². The Bertz CT molecular complexity index is 566. The fourth-order valence-corrected chi connectivity index (χ4v) is 2.01. The van der Waals surface area contributed by atoms with Crippen LogP contribution in [0.3, 0.4) is 0 Å². The number of nitrogens with one attached hydrogen (secondary N) is 1. The molecular formula is C14H18N4O2. The molecule has 0 spiro atoms. The summed E-state index contributed by atoms with van der Waals surface area (Å²) < 4.78 is 1.55. The standard InChI is InChI=1S/C14H18N4O2/c1-15-14(20)9-18-13(12(10-19)16-17-18)8-7-11-5-3-2-4-6-11/h2-6,19H,7-10H2,1H3,(H,15,20). The maximum Gasteiger partial charge on any atom is 0.241 e. The van der Waals surface area contributed by atoms with Crippen molar-refractivity contribution in [3.8, 4) is 0 Å². The number of carbonyl (C=O) groups excluding carboxylic acids is 1. The summed E-state index contributed by atoms with van der Waals surface area (Å²) in [7, 11) is 1.58. The van der Waals surface area contributed by atoms with E-state index in [1.54, 1.807) is 11.7 Å². The molecule has 1 amide bonds. The fourth-order valence-electron chi connectivity index (χ4n) is 2.01. The number of nitrogens with zero attached hydrogens (tertiary/aromatic N) is 3. The minimum Gasteiger partial charge on any atom is -0.390 e. The predicted molar refractivity (Wildman–Crippen MR) is 73.9 cm³/mol. The number of hydrogen-bond acceptors (Lipinski definition) is 4. The molecule has 2 aromatic rings. The Morgan fingerprint density at radius 2 is 2.05 bits per heavy atom. The Kier molecular flexibility index (Phi) is 4.84. The largest absolute Gasteiger partial charge is 0.390 e. The van der Waals surface area contributed by atoms with Gasteiger partial charge < -0.3 is 10.4 Å². The lowest BCUT2D eigenvalue weighted by Gasteiger charge is -2.07. The molecule has 1 aromatic heterocycles. The fraction of sp³-hybridized carbons (Fsp3) is 0.357. The van der Waals surface area contributed by atoms with Crippen LogP contribution in [-0.2, 0) is 30.8 Å². The molecule has 0 unspecified atom stereocenters. The van der Waals surface area contributed by atoms with Gasteiger partial charge in [0.25, 0.3) is 0 Å². The topological polar surface area (TPSA) is 80.0 Å². The average Bonchev–Trinajstić information content (AvgIpc) is 2.88. The van der Waals surface area contributed by atoms with Crippen molar-refractivity contribution in [1.29, 1.82) is 0 Å². The molecule has 106 valence electrons. The van der Waals surface area contributed by atoms with E-state index in [4.69, 9.17) is 0 Å². The molecule has 0 aliphatic heterocycles. The van der Waals surface area contributed by atoms with Gasteiger partial charge >= 0.3 is 0 Å². The maximum absolute atomic E-state index is 11.4. The second-order valence-corrected chi connectivity index (χ2v) is 4.46. The molecule has 2 N–H and O–H groups in total. The minimum atomic E-state index is -0.169. The molecule has 0 fully saturated rings. The summed E-state index contributed by atoms with van der Waals surface area (Å²) in [6, 6.07) is 10.0. The highest BCUT2D eigenvalue weighted by atomic mass is 16.3. The highest BCUT2D eigenvalue weighted by Gasteiger charge is 2.14. The van der Waals surface area contributed by atoms with Gasteiger partial charge in [-0.05, 0) is 18.4 Å². The molecule has 0 saturated heterocycles. The summed E-state index contributed by atoms with van der Waals surface area (Å²) in [5, 5.41) is 19.7. The van der Waals surface area contributed by atoms with E-state index in [0.29, 0.717) is 12.1 Å². The van der Waals surface area contributed by atoms with Crippen LogP contribution in [-0.4, -0.2) is 33.1 Å². The molecule has 6 heteroatoms. The minimum absolute atomic E-state index is 0.119. The van der Waals surface area contributed by atoms with E-state index < -0.39 is 0 Å². The van der Waals surface area contributed by atoms with Gasteiger partial charge in [-0.3, -0.25) is 4.79 Å². The number of aromatic nitrogens is 3. The van der Waals surface area contributed by atoms with Gasteiger partial charge in [0.2, 0.25) is 5.91 Å². The maximum atomic E-state index is 11.4. The first-order chi connectivity index (χ1) is 9.74. The van der Waals surface area contributed by atoms with E-state index in [9.17, 15) is 9.90 Å². The van der Waals surface area contributed by atoms with Crippen LogP contribution < -0.4 is 5.32 Å². The first-order valence-electron chi connectivity index (χ1n) is 6.51. The van der Waals surface area contributed by atoms with Crippen LogP contribution in [0.1, 0.15) is 17.0 Å². The van der Waals surface area contributed by atoms with E-state index in [1.165, 1.54) is 5.56 Å². The van der Waals surface area contributed by atoms with Crippen LogP contribution >= 0.6 is 0 Å². The van der Waals surface area contributed by atoms with E-state index in [2.05, 4.69) is 15.6 Å². The van der Waals surface area contributed by atoms with Crippen molar-refractivity contribution in [3.63, 3.8) is 0 Å². The van der Waals surface area contributed by atoms with Crippen molar-refractivity contribution in [2.75, 3.05) is 7.05 Å². The second-order valence-electron chi connectivity index (χ2n) is 4.46. The third-order valence-electron chi connectivity index (χ3n) is 3.13. The summed E-state index contributed by atoms with van der Waals surface area (Å²) in [5.74, 6) is -0.139. The quantitative estimate of drug-likeness (QED) is 0.794. The Morgan fingerprint density at radius 3 is 2.70 bits per heavy atom. The molecular weight excluding hydrogens is 256 g/mol. The molecule has 0 atom stereocenters. The Hall–Kier alpha value is -2.21. The molecule has 20 heavy (non-hydrogen) atoms. The average molecular weight is 274 g/mol. The van der Waals surface area contributed by atoms with Gasteiger partial charge in [-0.2, -0.15) is 0 Å². The molecule has 0 saturated carbocycles. The van der Waals surface area contributed by atoms with Crippen LogP contribution in [0, 0.1) is 0 Å². The Balaban J connectivity index is 2.12. The van der Waals surface area contributed by atoms with Crippen LogP contribution in [0.5, 0.6) is 0 Å². The van der Waals surface area contributed by atoms with Crippen molar-refractivity contribution in [2.24, 2.45) is 0 Å². The van der Waals surface area contributed by atoms with Gasteiger partial charge in [0.15, 0.2) is 0 Å². The molecule has 1 aromatic carbocycles. The lowest BCUT2D eigenvalue weighted by Crippen LogP contribution is -2.25. The zero-order chi connectivity index (χ0) is 14.4. The molecule has 0 aliphatic carbocycles. The van der Waals surface area contributed by atoms with Crippen molar-refractivity contribution in [1.82, 2.24) is 20.3 Å². The van der Waals surface area contributed by atoms with Crippen LogP contribution in [0.2, 0.25) is 0 Å². The molecule has 1 heterocycles. The van der Waals surface area contributed by atoms with Gasteiger partial charge in [-0.15, -0.1) is 5.10 Å². The van der Waals surface area contributed by atoms with Crippen molar-refractivity contribution in [3.05, 3.63) is 47.3 Å². The van der Waals surface area contributed by atoms with Gasteiger partial charge in [-0.1, -0.05) is 35.5 Å². The number of hydrogen-bond donors (Lipinski definition) is 2. The number of rotatable bonds is 6. The lowest BCUT2D eigenvalue weighted by molar-refractivity contribution is -0.121. The zero-order valence-electron chi connectivity index (χ0n) is 11.4. The zero-order valence-corrected chi connectivity index (χ0v) is 11.4. The summed E-state index contributed by atoms with van der Waals surface area (Å²) in [4.78, 5) is 11.4. The summed E-state index contributed by atoms with van der Waals surface area (Å²) >= 11 is 0. The third-order valence-corrected chi connectivity index (χ3v) is 3.13. The molecule has 0 bridgehead atoms. The van der Waals surface area contributed by atoms with Crippen LogP contribution in [0.4, 0.5) is 0 Å². The van der Waals surface area contributed by atoms with Crippen molar-refractivity contribution in [2.45, 2.75) is 26.0 Å². The number of carbonyl (C=O) groups is 1. The molecule has 0 aliphatic rings. The smallest absolute Gasteiger partial charge is 0.241 e. The monoisotopic (exact) mass is 274 g/mol. The van der Waals surface area contributed by atoms with Gasteiger partial charge in [0.05, 0.1) is 12.3 Å². The summed E-state index contributed by atoms with van der Waals surface area (Å²) in [6.07, 6.45) is 1.50. The predicted octanol–water partition coefficient (Wildman–Crippen LogP) is 0.302. The number of aryl methyl sites for hydroxylation is 1. The third kappa shape index (κ3) is 3.42. The molecule has 2 rings (SSSR count). The van der Waals surface area contributed by atoms with Gasteiger partial charge in [-0.25, -0.2) is 4.68 Å². The van der Waals surface area contributed by atoms with E-state index in [-0.39, 0.29) is 19.1 Å². The first-order valence-corrected chi connectivity index (χ1v) is 6.51. The Morgan fingerprint density at radius 1 is 1.30 bits per heavy atom. The number of benzene rings is 1. The highest BCUT2D eigenvalue weighted by molar-refractivity contribution is 5.75. The van der Waals surface area contributed by atoms with Crippen molar-refractivity contribution >= 4 is 5.91 Å². The van der Waals surface area contributed by atoms with Crippen molar-refractivity contribution < 1.29 is 9.90 Å². The summed E-state index contributed by atoms with van der Waals surface area (Å²) in [5.41, 5.74) is 2.54. The highest BCUT2D eigenvalue weighted by Crippen LogP contribution is 2.11. The SMILES string of the molecule is CNC(=O)Cn1nnc(CO)c1CCc1ccccc1. The normalized spacial score (nSPS) is 10.5. The number of aliphatic hydroxyl groups excluding tert-OH is 1. The van der Waals surface area contributed by atoms with Gasteiger partial charge in [0, 0.05) is 7.05 Å². The Labute approximate surface area is 117 Å². The molecule has 6 nitrogen and oxygen atoms in total. The first kappa shape index (κ1) is 14.2. The number of aliphatic hydroxyl groups is 1. The van der Waals surface area contributed by atoms with E-state index >= 15 is 0 Å². The number of likely N-dealkylation sites (N-methyl/N-ethyl adjacent to an activating group) is 1. The van der Waals surface area contributed by atoms with Gasteiger partial charge in [0.1, 0.15) is 12.2 Å². The molecule has 0 radical (unpaired) electrons. The van der Waals surface area contributed by atoms with Crippen LogP contribution in [0.15, 0.2) is 30.3 Å². The second kappa shape index (κ2) is 6.81. The number of amides is 1. The summed E-state index contributed by atoms with van der Waals surface area (Å²) in [6.45, 7) is -0.0501. The van der Waals surface area contributed by atoms with E-state index in [0.717, 1.165) is 12.1 Å². The van der Waals surface area contributed by atoms with E-state index in [1.807, 2.05) is 30.3 Å².